The summed E-state index contributed by atoms with van der Waals surface area (Å²) in [6.45, 7) is 6.55. The summed E-state index contributed by atoms with van der Waals surface area (Å²) in [5.74, 6) is 0. The van der Waals surface area contributed by atoms with E-state index >= 15 is 0 Å². The van der Waals surface area contributed by atoms with Gasteiger partial charge in [-0.05, 0) is 27.2 Å². The zero-order chi connectivity index (χ0) is 6.15. The summed E-state index contributed by atoms with van der Waals surface area (Å²) in [5.41, 5.74) is 4.49. The normalized spacial score (nSPS) is 17.4. The first kappa shape index (κ1) is 9.48. The molecule has 0 bridgehead atoms. The minimum absolute atomic E-state index is 0. The molecular formula is C8H12Na+. The van der Waals surface area contributed by atoms with Crippen molar-refractivity contribution in [3.05, 3.63) is 22.8 Å². The van der Waals surface area contributed by atoms with Crippen molar-refractivity contribution in [2.75, 3.05) is 0 Å². The van der Waals surface area contributed by atoms with E-state index < -0.39 is 0 Å². The van der Waals surface area contributed by atoms with Crippen LogP contribution in [0.15, 0.2) is 22.8 Å². The second-order valence-corrected chi connectivity index (χ2v) is 2.63. The molecule has 0 aliphatic heterocycles. The fourth-order valence-electron chi connectivity index (χ4n) is 1.10. The molecule has 1 rings (SSSR count). The molecule has 44 valence electrons. The van der Waals surface area contributed by atoms with Gasteiger partial charge in [0.25, 0.3) is 0 Å². The van der Waals surface area contributed by atoms with Gasteiger partial charge in [-0.3, -0.25) is 0 Å². The fraction of sp³-hybridized carbons (Fsp3) is 0.500. The third-order valence-corrected chi connectivity index (χ3v) is 1.68. The zero-order valence-electron chi connectivity index (χ0n) is 6.78. The van der Waals surface area contributed by atoms with Gasteiger partial charge in [0.05, 0.1) is 0 Å². The maximum Gasteiger partial charge on any atom is 1.00 e. The molecule has 1 heteroatoms. The van der Waals surface area contributed by atoms with E-state index in [9.17, 15) is 0 Å². The van der Waals surface area contributed by atoms with Crippen LogP contribution in [0.5, 0.6) is 0 Å². The maximum atomic E-state index is 2.26. The first-order valence-electron chi connectivity index (χ1n) is 3.03. The Morgan fingerprint density at radius 2 is 1.78 bits per heavy atom. The molecule has 0 nitrogen and oxygen atoms in total. The Kier molecular flexibility index (Phi) is 3.79. The van der Waals surface area contributed by atoms with Crippen LogP contribution >= 0.6 is 0 Å². The van der Waals surface area contributed by atoms with Crippen LogP contribution in [-0.4, -0.2) is 0 Å². The first-order valence-corrected chi connectivity index (χ1v) is 3.03. The van der Waals surface area contributed by atoms with Crippen molar-refractivity contribution < 1.29 is 29.6 Å². The van der Waals surface area contributed by atoms with E-state index in [1.54, 1.807) is 0 Å². The van der Waals surface area contributed by atoms with Crippen molar-refractivity contribution in [2.24, 2.45) is 0 Å². The number of hydrogen-bond acceptors (Lipinski definition) is 0. The van der Waals surface area contributed by atoms with Gasteiger partial charge in [0.2, 0.25) is 0 Å². The number of hydrogen-bond donors (Lipinski definition) is 0. The largest absolute Gasteiger partial charge is 1.00 e. The van der Waals surface area contributed by atoms with E-state index in [0.717, 1.165) is 0 Å². The number of allylic oxidation sites excluding steroid dienone is 4. The Morgan fingerprint density at radius 1 is 1.22 bits per heavy atom. The van der Waals surface area contributed by atoms with E-state index in [1.165, 1.54) is 23.1 Å². The Balaban J connectivity index is 0.000000640. The number of rotatable bonds is 0. The predicted octanol–water partition coefficient (Wildman–Crippen LogP) is -0.323. The molecule has 0 fully saturated rings. The second kappa shape index (κ2) is 3.60. The molecule has 0 atom stereocenters. The molecule has 0 aromatic rings. The van der Waals surface area contributed by atoms with Crippen LogP contribution in [0.2, 0.25) is 0 Å². The van der Waals surface area contributed by atoms with E-state index in [4.69, 9.17) is 0 Å². The van der Waals surface area contributed by atoms with Gasteiger partial charge in [0.15, 0.2) is 0 Å². The molecule has 1 aliphatic rings. The molecule has 0 heterocycles. The van der Waals surface area contributed by atoms with Gasteiger partial charge < -0.3 is 0 Å². The molecule has 0 aromatic carbocycles. The SMILES string of the molecule is CC1=CC(C)=C(C)C1.[Na+]. The molecule has 0 saturated heterocycles. The molecule has 0 aromatic heterocycles. The predicted molar refractivity (Wildman–Crippen MR) is 36.7 cm³/mol. The van der Waals surface area contributed by atoms with Gasteiger partial charge in [-0.1, -0.05) is 22.8 Å². The molecule has 1 aliphatic carbocycles. The molecule has 0 radical (unpaired) electrons. The van der Waals surface area contributed by atoms with Crippen LogP contribution in [-0.2, 0) is 0 Å². The van der Waals surface area contributed by atoms with Crippen LogP contribution in [0.3, 0.4) is 0 Å². The van der Waals surface area contributed by atoms with Gasteiger partial charge in [0, 0.05) is 0 Å². The quantitative estimate of drug-likeness (QED) is 0.395. The van der Waals surface area contributed by atoms with Crippen LogP contribution in [0.4, 0.5) is 0 Å². The average Bonchev–Trinajstić information content (AvgIpc) is 1.85. The van der Waals surface area contributed by atoms with Crippen LogP contribution in [0, 0.1) is 0 Å². The van der Waals surface area contributed by atoms with Crippen molar-refractivity contribution in [3.8, 4) is 0 Å². The van der Waals surface area contributed by atoms with Gasteiger partial charge in [-0.2, -0.15) is 0 Å². The molecule has 0 saturated carbocycles. The maximum absolute atomic E-state index is 2.26. The van der Waals surface area contributed by atoms with Gasteiger partial charge in [-0.15, -0.1) is 0 Å². The minimum Gasteiger partial charge on any atom is -0.0690 e. The average molecular weight is 131 g/mol. The fourth-order valence-corrected chi connectivity index (χ4v) is 1.10. The molecule has 9 heavy (non-hydrogen) atoms. The summed E-state index contributed by atoms with van der Waals surface area (Å²) < 4.78 is 0. The smallest absolute Gasteiger partial charge is 0.0690 e. The van der Waals surface area contributed by atoms with E-state index in [1.807, 2.05) is 0 Å². The van der Waals surface area contributed by atoms with Crippen molar-refractivity contribution in [3.63, 3.8) is 0 Å². The van der Waals surface area contributed by atoms with E-state index in [-0.39, 0.29) is 29.6 Å². The van der Waals surface area contributed by atoms with Crippen molar-refractivity contribution in [2.45, 2.75) is 27.2 Å². The standard InChI is InChI=1S/C8H12.Na/c1-6-4-7(2)8(3)5-6;/h4H,5H2,1-3H3;/q;+1. The van der Waals surface area contributed by atoms with Gasteiger partial charge >= 0.3 is 29.6 Å². The van der Waals surface area contributed by atoms with Gasteiger partial charge in [-0.25, -0.2) is 0 Å². The van der Waals surface area contributed by atoms with Crippen molar-refractivity contribution in [1.82, 2.24) is 0 Å². The topological polar surface area (TPSA) is 0 Å². The van der Waals surface area contributed by atoms with Gasteiger partial charge in [0.1, 0.15) is 0 Å². The molecular weight excluding hydrogens is 119 g/mol. The Bertz CT molecular complexity index is 163. The van der Waals surface area contributed by atoms with E-state index in [0.29, 0.717) is 0 Å². The van der Waals surface area contributed by atoms with Crippen LogP contribution in [0.1, 0.15) is 27.2 Å². The summed E-state index contributed by atoms with van der Waals surface area (Å²) in [6.07, 6.45) is 3.46. The third-order valence-electron chi connectivity index (χ3n) is 1.68. The Hall–Kier alpha value is 0.480. The minimum atomic E-state index is 0. The second-order valence-electron chi connectivity index (χ2n) is 2.63. The Labute approximate surface area is 79.3 Å². The molecule has 0 amide bonds. The van der Waals surface area contributed by atoms with Crippen LogP contribution in [0.25, 0.3) is 0 Å². The van der Waals surface area contributed by atoms with E-state index in [2.05, 4.69) is 26.8 Å². The summed E-state index contributed by atoms with van der Waals surface area (Å²) >= 11 is 0. The molecule has 0 N–H and O–H groups in total. The third kappa shape index (κ3) is 2.29. The summed E-state index contributed by atoms with van der Waals surface area (Å²) in [4.78, 5) is 0. The van der Waals surface area contributed by atoms with Crippen molar-refractivity contribution in [1.29, 1.82) is 0 Å². The zero-order valence-corrected chi connectivity index (χ0v) is 8.78. The molecule has 0 spiro atoms. The Morgan fingerprint density at radius 3 is 1.89 bits per heavy atom. The summed E-state index contributed by atoms with van der Waals surface area (Å²) in [5, 5.41) is 0. The summed E-state index contributed by atoms with van der Waals surface area (Å²) in [7, 11) is 0. The van der Waals surface area contributed by atoms with Crippen LogP contribution < -0.4 is 29.6 Å². The molecule has 0 unspecified atom stereocenters. The summed E-state index contributed by atoms with van der Waals surface area (Å²) in [6, 6.07) is 0. The van der Waals surface area contributed by atoms with Crippen molar-refractivity contribution >= 4 is 0 Å². The first-order chi connectivity index (χ1) is 3.70. The monoisotopic (exact) mass is 131 g/mol.